The highest BCUT2D eigenvalue weighted by atomic mass is 79.9. The predicted octanol–water partition coefficient (Wildman–Crippen LogP) is 7.84. The summed E-state index contributed by atoms with van der Waals surface area (Å²) in [5.74, 6) is 0.631. The lowest BCUT2D eigenvalue weighted by Gasteiger charge is -2.20. The van der Waals surface area contributed by atoms with Gasteiger partial charge in [0.2, 0.25) is 0 Å². The Morgan fingerprint density at radius 2 is 0.974 bits per heavy atom. The summed E-state index contributed by atoms with van der Waals surface area (Å²) in [6, 6.07) is 18.6. The molecule has 2 N–H and O–H groups in total. The molecule has 0 aliphatic heterocycles. The minimum atomic E-state index is -0.287. The fourth-order valence-electron chi connectivity index (χ4n) is 3.49. The van der Waals surface area contributed by atoms with Gasteiger partial charge in [-0.25, -0.2) is 0 Å². The van der Waals surface area contributed by atoms with E-state index in [4.69, 9.17) is 9.47 Å². The molecule has 38 heavy (non-hydrogen) atoms. The summed E-state index contributed by atoms with van der Waals surface area (Å²) in [5.41, 5.74) is 3.57. The maximum atomic E-state index is 12.4. The van der Waals surface area contributed by atoms with E-state index in [1.54, 1.807) is 24.3 Å². The average Bonchev–Trinajstić information content (AvgIpc) is 2.82. The normalized spacial score (nSPS) is 11.6. The smallest absolute Gasteiger partial charge is 0.262 e. The first-order chi connectivity index (χ1) is 17.7. The summed E-state index contributed by atoms with van der Waals surface area (Å²) >= 11 is 7.04. The Morgan fingerprint density at radius 3 is 1.26 bits per heavy atom. The number of nitrogens with one attached hydrogen (secondary N) is 2. The van der Waals surface area contributed by atoms with Crippen LogP contribution in [0.5, 0.6) is 11.5 Å². The van der Waals surface area contributed by atoms with E-state index in [0.29, 0.717) is 22.9 Å². The molecule has 0 aliphatic carbocycles. The molecule has 202 valence electrons. The molecule has 6 nitrogen and oxygen atoms in total. The van der Waals surface area contributed by atoms with E-state index >= 15 is 0 Å². The molecular weight excluding hydrogens is 612 g/mol. The van der Waals surface area contributed by atoms with Crippen LogP contribution >= 0.6 is 31.9 Å². The van der Waals surface area contributed by atoms with Crippen LogP contribution in [0.2, 0.25) is 0 Å². The Kier molecular flexibility index (Phi) is 9.65. The van der Waals surface area contributed by atoms with Gasteiger partial charge in [-0.15, -0.1) is 0 Å². The molecule has 0 atom stereocenters. The van der Waals surface area contributed by atoms with Crippen molar-refractivity contribution in [1.29, 1.82) is 0 Å². The summed E-state index contributed by atoms with van der Waals surface area (Å²) in [6.07, 6.45) is 0. The van der Waals surface area contributed by atoms with Gasteiger partial charge in [0, 0.05) is 11.4 Å². The van der Waals surface area contributed by atoms with E-state index < -0.39 is 0 Å². The number of carbonyl (C=O) groups is 2. The molecular formula is C30H34Br2N2O4. The van der Waals surface area contributed by atoms with Gasteiger partial charge >= 0.3 is 0 Å². The number of hydrogen-bond donors (Lipinski definition) is 2. The maximum Gasteiger partial charge on any atom is 0.262 e. The fraction of sp³-hybridized carbons (Fsp3) is 0.333. The molecule has 3 rings (SSSR count). The van der Waals surface area contributed by atoms with Crippen molar-refractivity contribution in [2.75, 3.05) is 23.8 Å². The SMILES string of the molecule is CC(C)(C)c1ccc(OCC(=O)Nc2ccc(NC(=O)COc3ccc(C(C)(C)C)cc3Br)cc2)c(Br)c1. The van der Waals surface area contributed by atoms with E-state index in [2.05, 4.69) is 84.0 Å². The van der Waals surface area contributed by atoms with E-state index in [0.717, 1.165) is 8.95 Å². The van der Waals surface area contributed by atoms with E-state index in [9.17, 15) is 9.59 Å². The highest BCUT2D eigenvalue weighted by Gasteiger charge is 2.17. The van der Waals surface area contributed by atoms with Crippen molar-refractivity contribution < 1.29 is 19.1 Å². The summed E-state index contributed by atoms with van der Waals surface area (Å²) < 4.78 is 13.0. The maximum absolute atomic E-state index is 12.4. The minimum absolute atomic E-state index is 0.0204. The van der Waals surface area contributed by atoms with Gasteiger partial charge in [0.05, 0.1) is 8.95 Å². The standard InChI is InChI=1S/C30H34Br2N2O4/c1-29(2,3)19-7-13-25(23(31)15-19)37-17-27(35)33-21-9-11-22(12-10-21)34-28(36)18-38-26-14-8-20(16-24(26)32)30(4,5)6/h7-16H,17-18H2,1-6H3,(H,33,35)(H,34,36). The van der Waals surface area contributed by atoms with Crippen molar-refractivity contribution in [2.24, 2.45) is 0 Å². The number of benzene rings is 3. The molecule has 2 amide bonds. The third-order valence-electron chi connectivity index (χ3n) is 5.77. The Bertz CT molecular complexity index is 1190. The number of amides is 2. The molecule has 0 radical (unpaired) electrons. The van der Waals surface area contributed by atoms with Gasteiger partial charge in [0.15, 0.2) is 13.2 Å². The zero-order chi connectivity index (χ0) is 28.1. The van der Waals surface area contributed by atoms with Gasteiger partial charge in [-0.3, -0.25) is 9.59 Å². The second kappa shape index (κ2) is 12.3. The van der Waals surface area contributed by atoms with Gasteiger partial charge < -0.3 is 20.1 Å². The molecule has 0 spiro atoms. The van der Waals surface area contributed by atoms with Crippen LogP contribution in [0.3, 0.4) is 0 Å². The molecule has 8 heteroatoms. The number of rotatable bonds is 8. The second-order valence-corrected chi connectivity index (χ2v) is 12.8. The van der Waals surface area contributed by atoms with Crippen LogP contribution in [0.1, 0.15) is 52.7 Å². The Hall–Kier alpha value is -2.84. The quantitative estimate of drug-likeness (QED) is 0.262. The van der Waals surface area contributed by atoms with Crippen molar-refractivity contribution in [3.63, 3.8) is 0 Å². The number of halogens is 2. The Morgan fingerprint density at radius 1 is 0.632 bits per heavy atom. The molecule has 3 aromatic carbocycles. The molecule has 0 aromatic heterocycles. The monoisotopic (exact) mass is 644 g/mol. The lowest BCUT2D eigenvalue weighted by Crippen LogP contribution is -2.21. The molecule has 0 bridgehead atoms. The molecule has 0 aliphatic rings. The van der Waals surface area contributed by atoms with E-state index in [-0.39, 0.29) is 35.9 Å². The van der Waals surface area contributed by atoms with Crippen molar-refractivity contribution in [1.82, 2.24) is 0 Å². The van der Waals surface area contributed by atoms with Gasteiger partial charge in [-0.2, -0.15) is 0 Å². The summed E-state index contributed by atoms with van der Waals surface area (Å²) in [5, 5.41) is 5.59. The Labute approximate surface area is 241 Å². The fourth-order valence-corrected chi connectivity index (χ4v) is 4.47. The van der Waals surface area contributed by atoms with Crippen molar-refractivity contribution in [3.8, 4) is 11.5 Å². The Balaban J connectivity index is 1.47. The van der Waals surface area contributed by atoms with Crippen LogP contribution in [0, 0.1) is 0 Å². The number of carbonyl (C=O) groups excluding carboxylic acids is 2. The average molecular weight is 646 g/mol. The van der Waals surface area contributed by atoms with Crippen LogP contribution in [-0.2, 0) is 20.4 Å². The van der Waals surface area contributed by atoms with Gasteiger partial charge in [-0.05, 0) is 102 Å². The first-order valence-corrected chi connectivity index (χ1v) is 13.9. The number of hydrogen-bond acceptors (Lipinski definition) is 4. The van der Waals surface area contributed by atoms with Crippen LogP contribution < -0.4 is 20.1 Å². The summed E-state index contributed by atoms with van der Waals surface area (Å²) in [7, 11) is 0. The number of anilines is 2. The molecule has 0 saturated carbocycles. The van der Waals surface area contributed by atoms with E-state index in [1.807, 2.05) is 36.4 Å². The van der Waals surface area contributed by atoms with Crippen LogP contribution in [0.15, 0.2) is 69.6 Å². The highest BCUT2D eigenvalue weighted by molar-refractivity contribution is 9.10. The van der Waals surface area contributed by atoms with Crippen LogP contribution in [0.25, 0.3) is 0 Å². The van der Waals surface area contributed by atoms with Gasteiger partial charge in [0.1, 0.15) is 11.5 Å². The zero-order valence-corrected chi connectivity index (χ0v) is 25.7. The third kappa shape index (κ3) is 8.60. The largest absolute Gasteiger partial charge is 0.483 e. The van der Waals surface area contributed by atoms with Crippen LogP contribution in [-0.4, -0.2) is 25.0 Å². The molecule has 0 unspecified atom stereocenters. The second-order valence-electron chi connectivity index (χ2n) is 11.0. The topological polar surface area (TPSA) is 76.7 Å². The zero-order valence-electron chi connectivity index (χ0n) is 22.6. The van der Waals surface area contributed by atoms with Gasteiger partial charge in [-0.1, -0.05) is 53.7 Å². The third-order valence-corrected chi connectivity index (χ3v) is 7.01. The van der Waals surface area contributed by atoms with E-state index in [1.165, 1.54) is 11.1 Å². The first-order valence-electron chi connectivity index (χ1n) is 12.3. The molecule has 3 aromatic rings. The van der Waals surface area contributed by atoms with Crippen molar-refractivity contribution in [3.05, 3.63) is 80.7 Å². The lowest BCUT2D eigenvalue weighted by atomic mass is 9.87. The number of ether oxygens (including phenoxy) is 2. The minimum Gasteiger partial charge on any atom is -0.483 e. The predicted molar refractivity (Wildman–Crippen MR) is 160 cm³/mol. The summed E-state index contributed by atoms with van der Waals surface area (Å²) in [6.45, 7) is 12.6. The van der Waals surface area contributed by atoms with Crippen molar-refractivity contribution >= 4 is 55.0 Å². The first kappa shape index (κ1) is 29.7. The molecule has 0 saturated heterocycles. The summed E-state index contributed by atoms with van der Waals surface area (Å²) in [4.78, 5) is 24.7. The lowest BCUT2D eigenvalue weighted by molar-refractivity contribution is -0.118. The van der Waals surface area contributed by atoms with Crippen molar-refractivity contribution in [2.45, 2.75) is 52.4 Å². The van der Waals surface area contributed by atoms with Crippen LogP contribution in [0.4, 0.5) is 11.4 Å². The molecule has 0 fully saturated rings. The molecule has 0 heterocycles. The van der Waals surface area contributed by atoms with Gasteiger partial charge in [0.25, 0.3) is 11.8 Å². The highest BCUT2D eigenvalue weighted by Crippen LogP contribution is 2.32.